The van der Waals surface area contributed by atoms with E-state index in [-0.39, 0.29) is 23.8 Å². The van der Waals surface area contributed by atoms with Gasteiger partial charge in [0.25, 0.3) is 0 Å². The molecular formula is C30H41ClN2O4. The van der Waals surface area contributed by atoms with Crippen molar-refractivity contribution in [1.82, 2.24) is 4.90 Å². The maximum Gasteiger partial charge on any atom is 0.225 e. The van der Waals surface area contributed by atoms with Crippen LogP contribution in [0, 0.1) is 18.8 Å². The number of likely N-dealkylation sites (tertiary alicyclic amines) is 1. The monoisotopic (exact) mass is 528 g/mol. The topological polar surface area (TPSA) is 85.0 Å². The first-order valence-corrected chi connectivity index (χ1v) is 14.0. The Morgan fingerprint density at radius 2 is 2.00 bits per heavy atom. The fraction of sp³-hybridized carbons (Fsp3) is 0.567. The van der Waals surface area contributed by atoms with Gasteiger partial charge in [0.05, 0.1) is 10.6 Å². The third-order valence-corrected chi connectivity index (χ3v) is 8.33. The summed E-state index contributed by atoms with van der Waals surface area (Å²) in [7, 11) is 1.69. The zero-order valence-electron chi connectivity index (χ0n) is 22.1. The first-order chi connectivity index (χ1) is 17.8. The first-order valence-electron chi connectivity index (χ1n) is 13.6. The van der Waals surface area contributed by atoms with E-state index >= 15 is 0 Å². The number of carbonyl (C=O) groups is 1. The molecule has 4 atom stereocenters. The molecule has 3 N–H and O–H groups in total. The van der Waals surface area contributed by atoms with E-state index in [1.54, 1.807) is 13.2 Å². The van der Waals surface area contributed by atoms with E-state index in [0.29, 0.717) is 41.7 Å². The zero-order chi connectivity index (χ0) is 26.4. The molecule has 1 amide bonds. The molecule has 1 unspecified atom stereocenters. The number of nitrogens with two attached hydrogens (primary N) is 1. The van der Waals surface area contributed by atoms with Gasteiger partial charge in [-0.05, 0) is 82.1 Å². The highest BCUT2D eigenvalue weighted by molar-refractivity contribution is 6.32. The largest absolute Gasteiger partial charge is 0.455 e. The van der Waals surface area contributed by atoms with Crippen LogP contribution in [0.15, 0.2) is 42.5 Å². The maximum absolute atomic E-state index is 13.4. The number of para-hydroxylation sites is 1. The molecule has 1 aliphatic heterocycles. The van der Waals surface area contributed by atoms with Crippen molar-refractivity contribution >= 4 is 17.5 Å². The van der Waals surface area contributed by atoms with E-state index in [1.807, 2.05) is 48.2 Å². The van der Waals surface area contributed by atoms with Gasteiger partial charge in [-0.15, -0.1) is 0 Å². The Morgan fingerprint density at radius 1 is 1.19 bits per heavy atom. The van der Waals surface area contributed by atoms with Crippen LogP contribution in [0.5, 0.6) is 11.5 Å². The molecule has 37 heavy (non-hydrogen) atoms. The minimum Gasteiger partial charge on any atom is -0.455 e. The molecule has 0 radical (unpaired) electrons. The van der Waals surface area contributed by atoms with Gasteiger partial charge in [0, 0.05) is 50.2 Å². The Hall–Kier alpha value is -2.12. The van der Waals surface area contributed by atoms with Gasteiger partial charge < -0.3 is 25.2 Å². The van der Waals surface area contributed by atoms with Crippen molar-refractivity contribution < 1.29 is 19.4 Å². The van der Waals surface area contributed by atoms with E-state index < -0.39 is 5.60 Å². The Morgan fingerprint density at radius 3 is 2.73 bits per heavy atom. The number of unbranched alkanes of at least 4 members (excludes halogenated alkanes) is 1. The summed E-state index contributed by atoms with van der Waals surface area (Å²) in [5, 5.41) is 13.0. The highest BCUT2D eigenvalue weighted by atomic mass is 35.5. The lowest BCUT2D eigenvalue weighted by atomic mass is 9.73. The molecule has 4 rings (SSSR count). The van der Waals surface area contributed by atoms with Crippen LogP contribution in [0.2, 0.25) is 5.02 Å². The molecule has 1 heterocycles. The van der Waals surface area contributed by atoms with Crippen molar-refractivity contribution in [3.05, 3.63) is 58.6 Å². The van der Waals surface area contributed by atoms with Crippen molar-refractivity contribution in [2.75, 3.05) is 26.8 Å². The fourth-order valence-electron chi connectivity index (χ4n) is 6.02. The van der Waals surface area contributed by atoms with Crippen LogP contribution in [0.25, 0.3) is 0 Å². The number of carbonyl (C=O) groups excluding carboxylic acids is 1. The summed E-state index contributed by atoms with van der Waals surface area (Å²) in [6.45, 7) is 3.89. The summed E-state index contributed by atoms with van der Waals surface area (Å²) in [6.07, 6.45) is 6.33. The summed E-state index contributed by atoms with van der Waals surface area (Å²) in [5.74, 6) is 1.20. The number of hydrogen-bond acceptors (Lipinski definition) is 5. The van der Waals surface area contributed by atoms with E-state index in [2.05, 4.69) is 0 Å². The van der Waals surface area contributed by atoms with Gasteiger partial charge in [-0.3, -0.25) is 4.79 Å². The predicted molar refractivity (Wildman–Crippen MR) is 147 cm³/mol. The average molecular weight is 529 g/mol. The SMILES string of the molecule is COCCCCC(O)(c1cccc(Cl)c1Oc1cccc(C)c1)[C@@H]1CCCN(C(=O)[C@@H]2CC[C@H](N)C2)C1. The number of ether oxygens (including phenoxy) is 2. The highest BCUT2D eigenvalue weighted by Gasteiger charge is 2.44. The molecule has 7 heteroatoms. The summed E-state index contributed by atoms with van der Waals surface area (Å²) in [5.41, 5.74) is 6.65. The number of piperidine rings is 1. The smallest absolute Gasteiger partial charge is 0.225 e. The third-order valence-electron chi connectivity index (χ3n) is 8.03. The van der Waals surface area contributed by atoms with Gasteiger partial charge >= 0.3 is 0 Å². The van der Waals surface area contributed by atoms with Gasteiger partial charge in [0.15, 0.2) is 5.75 Å². The molecule has 2 aromatic carbocycles. The average Bonchev–Trinajstić information content (AvgIpc) is 3.33. The lowest BCUT2D eigenvalue weighted by Crippen LogP contribution is -2.49. The number of aliphatic hydroxyl groups is 1. The molecule has 0 spiro atoms. The van der Waals surface area contributed by atoms with Crippen LogP contribution in [-0.4, -0.2) is 48.8 Å². The number of halogens is 1. The Labute approximate surface area is 226 Å². The molecule has 6 nitrogen and oxygen atoms in total. The molecule has 1 saturated carbocycles. The van der Waals surface area contributed by atoms with Crippen molar-refractivity contribution in [3.63, 3.8) is 0 Å². The van der Waals surface area contributed by atoms with Crippen molar-refractivity contribution in [2.45, 2.75) is 69.9 Å². The fourth-order valence-corrected chi connectivity index (χ4v) is 6.23. The minimum absolute atomic E-state index is 0.00469. The van der Waals surface area contributed by atoms with Gasteiger partial charge in [-0.2, -0.15) is 0 Å². The standard InChI is InChI=1S/C30H41ClN2O4/c1-21-8-5-10-25(18-21)37-28-26(11-6-12-27(28)31)30(35,15-3-4-17-36-2)23-9-7-16-33(20-23)29(34)22-13-14-24(32)19-22/h5-6,8,10-12,18,22-24,35H,3-4,7,9,13-17,19-20,32H2,1-2H3/t22-,23-,24+,30?/m1/s1. The quantitative estimate of drug-likeness (QED) is 0.380. The number of amides is 1. The van der Waals surface area contributed by atoms with Crippen LogP contribution in [0.3, 0.4) is 0 Å². The molecule has 2 fully saturated rings. The molecule has 0 bridgehead atoms. The maximum atomic E-state index is 13.4. The van der Waals surface area contributed by atoms with E-state index in [9.17, 15) is 9.90 Å². The molecule has 1 saturated heterocycles. The van der Waals surface area contributed by atoms with Crippen LogP contribution in [0.4, 0.5) is 0 Å². The number of benzene rings is 2. The molecule has 2 aromatic rings. The number of rotatable bonds is 10. The second-order valence-electron chi connectivity index (χ2n) is 10.8. The van der Waals surface area contributed by atoms with Crippen LogP contribution >= 0.6 is 11.6 Å². The van der Waals surface area contributed by atoms with Gasteiger partial charge in [0.2, 0.25) is 5.91 Å². The molecule has 1 aliphatic carbocycles. The van der Waals surface area contributed by atoms with Crippen molar-refractivity contribution in [1.29, 1.82) is 0 Å². The highest BCUT2D eigenvalue weighted by Crippen LogP contribution is 2.47. The van der Waals surface area contributed by atoms with Crippen molar-refractivity contribution in [3.8, 4) is 11.5 Å². The molecule has 2 aliphatic rings. The number of methoxy groups -OCH3 is 1. The van der Waals surface area contributed by atoms with Gasteiger partial charge in [0.1, 0.15) is 5.75 Å². The number of nitrogens with zero attached hydrogens (tertiary/aromatic N) is 1. The van der Waals surface area contributed by atoms with E-state index in [0.717, 1.165) is 57.1 Å². The summed E-state index contributed by atoms with van der Waals surface area (Å²) >= 11 is 6.69. The van der Waals surface area contributed by atoms with Gasteiger partial charge in [-0.1, -0.05) is 35.9 Å². The first kappa shape index (κ1) is 27.9. The summed E-state index contributed by atoms with van der Waals surface area (Å²) < 4.78 is 11.6. The third kappa shape index (κ3) is 6.66. The zero-order valence-corrected chi connectivity index (χ0v) is 22.9. The van der Waals surface area contributed by atoms with Crippen molar-refractivity contribution in [2.24, 2.45) is 17.6 Å². The summed E-state index contributed by atoms with van der Waals surface area (Å²) in [4.78, 5) is 15.3. The number of aryl methyl sites for hydroxylation is 1. The number of hydrogen-bond donors (Lipinski definition) is 2. The van der Waals surface area contributed by atoms with Crippen LogP contribution in [-0.2, 0) is 15.1 Å². The Bertz CT molecular complexity index is 1060. The molecule has 202 valence electrons. The Kier molecular flexibility index (Phi) is 9.51. The minimum atomic E-state index is -1.21. The van der Waals surface area contributed by atoms with Crippen LogP contribution in [0.1, 0.15) is 62.5 Å². The predicted octanol–water partition coefficient (Wildman–Crippen LogP) is 5.81. The summed E-state index contributed by atoms with van der Waals surface area (Å²) in [6, 6.07) is 13.5. The van der Waals surface area contributed by atoms with Crippen LogP contribution < -0.4 is 10.5 Å². The second-order valence-corrected chi connectivity index (χ2v) is 11.2. The second kappa shape index (κ2) is 12.6. The van der Waals surface area contributed by atoms with E-state index in [1.165, 1.54) is 0 Å². The lowest BCUT2D eigenvalue weighted by molar-refractivity contribution is -0.141. The van der Waals surface area contributed by atoms with Gasteiger partial charge in [-0.25, -0.2) is 0 Å². The van der Waals surface area contributed by atoms with E-state index in [4.69, 9.17) is 26.8 Å². The lowest BCUT2D eigenvalue weighted by Gasteiger charge is -2.44. The normalized spacial score (nSPS) is 23.6. The molecule has 0 aromatic heterocycles. The Balaban J connectivity index is 1.65. The molecular weight excluding hydrogens is 488 g/mol.